The predicted molar refractivity (Wildman–Crippen MR) is 76.3 cm³/mol. The van der Waals surface area contributed by atoms with Crippen LogP contribution < -0.4 is 0 Å². The molecule has 3 heteroatoms. The fourth-order valence-corrected chi connectivity index (χ4v) is 2.81. The van der Waals surface area contributed by atoms with Crippen molar-refractivity contribution in [2.45, 2.75) is 12.1 Å². The van der Waals surface area contributed by atoms with E-state index in [9.17, 15) is 4.79 Å². The second-order valence-corrected chi connectivity index (χ2v) is 4.90. The third-order valence-corrected chi connectivity index (χ3v) is 3.81. The molecule has 0 aromatic heterocycles. The Bertz CT molecular complexity index is 570. The summed E-state index contributed by atoms with van der Waals surface area (Å²) >= 11 is 5.94. The van der Waals surface area contributed by atoms with Gasteiger partial charge in [0.15, 0.2) is 5.78 Å². The Morgan fingerprint density at radius 1 is 1.00 bits per heavy atom. The summed E-state index contributed by atoms with van der Waals surface area (Å²) in [5.41, 5.74) is 1.90. The van der Waals surface area contributed by atoms with Gasteiger partial charge in [0, 0.05) is 5.56 Å². The van der Waals surface area contributed by atoms with Crippen LogP contribution >= 0.6 is 11.6 Å². The number of alkyl halides is 1. The Labute approximate surface area is 117 Å². The summed E-state index contributed by atoms with van der Waals surface area (Å²) in [6, 6.07) is 19.8. The number of benzene rings is 2. The number of ketones is 1. The highest BCUT2D eigenvalue weighted by Crippen LogP contribution is 2.44. The monoisotopic (exact) mass is 271 g/mol. The van der Waals surface area contributed by atoms with Gasteiger partial charge in [0.25, 0.3) is 0 Å². The molecule has 3 rings (SSSR count). The lowest BCUT2D eigenvalue weighted by atomic mass is 10.0. The van der Waals surface area contributed by atoms with E-state index in [2.05, 4.69) is 0 Å². The van der Waals surface area contributed by atoms with Crippen LogP contribution in [0.25, 0.3) is 0 Å². The first-order valence-corrected chi connectivity index (χ1v) is 6.82. The molecule has 2 aromatic carbocycles. The van der Waals surface area contributed by atoms with Crippen molar-refractivity contribution in [3.63, 3.8) is 0 Å². The van der Waals surface area contributed by atoms with Gasteiger partial charge in [-0.15, -0.1) is 11.6 Å². The molecule has 1 aliphatic rings. The van der Waals surface area contributed by atoms with Crippen LogP contribution in [0.4, 0.5) is 0 Å². The topological polar surface area (TPSA) is 20.1 Å². The Morgan fingerprint density at radius 3 is 2.16 bits per heavy atom. The van der Waals surface area contributed by atoms with E-state index < -0.39 is 0 Å². The average molecular weight is 272 g/mol. The van der Waals surface area contributed by atoms with Crippen molar-refractivity contribution in [2.75, 3.05) is 6.00 Å². The van der Waals surface area contributed by atoms with Gasteiger partial charge in [0.1, 0.15) is 0 Å². The fourth-order valence-electron chi connectivity index (χ4n) is 2.52. The lowest BCUT2D eigenvalue weighted by Crippen LogP contribution is -2.12. The smallest absolute Gasteiger partial charge is 0.181 e. The van der Waals surface area contributed by atoms with E-state index in [4.69, 9.17) is 11.6 Å². The van der Waals surface area contributed by atoms with E-state index in [0.29, 0.717) is 6.00 Å². The van der Waals surface area contributed by atoms with E-state index in [1.807, 2.05) is 65.6 Å². The zero-order valence-electron chi connectivity index (χ0n) is 10.4. The van der Waals surface area contributed by atoms with E-state index in [0.717, 1.165) is 11.1 Å². The van der Waals surface area contributed by atoms with Crippen molar-refractivity contribution in [2.24, 2.45) is 0 Å². The molecule has 1 heterocycles. The van der Waals surface area contributed by atoms with Gasteiger partial charge in [0.2, 0.25) is 0 Å². The highest BCUT2D eigenvalue weighted by molar-refractivity contribution is 6.18. The summed E-state index contributed by atoms with van der Waals surface area (Å²) in [5, 5.41) is 0. The van der Waals surface area contributed by atoms with Crippen molar-refractivity contribution >= 4 is 17.4 Å². The quantitative estimate of drug-likeness (QED) is 0.367. The molecule has 1 aliphatic heterocycles. The van der Waals surface area contributed by atoms with Gasteiger partial charge in [-0.3, -0.25) is 9.69 Å². The number of carbonyl (C=O) groups is 1. The molecule has 1 saturated heterocycles. The number of Topliss-reactive ketones (excluding diaryl/α,β-unsaturated/α-hetero) is 1. The SMILES string of the molecule is O=C(c1ccccc1)C1C(c2ccccc2)N1CCl. The Morgan fingerprint density at radius 2 is 1.58 bits per heavy atom. The van der Waals surface area contributed by atoms with Crippen LogP contribution in [-0.4, -0.2) is 22.7 Å². The minimum absolute atomic E-state index is 0.117. The molecule has 0 amide bonds. The summed E-state index contributed by atoms with van der Waals surface area (Å²) < 4.78 is 0. The Hall–Kier alpha value is -1.64. The van der Waals surface area contributed by atoms with Gasteiger partial charge in [-0.05, 0) is 5.56 Å². The maximum absolute atomic E-state index is 12.5. The largest absolute Gasteiger partial charge is 0.292 e. The summed E-state index contributed by atoms with van der Waals surface area (Å²) in [6.45, 7) is 0. The van der Waals surface area contributed by atoms with E-state index in [1.54, 1.807) is 0 Å². The highest BCUT2D eigenvalue weighted by atomic mass is 35.5. The number of carbonyl (C=O) groups excluding carboxylic acids is 1. The van der Waals surface area contributed by atoms with Crippen LogP contribution in [0.3, 0.4) is 0 Å². The molecule has 2 nitrogen and oxygen atoms in total. The van der Waals surface area contributed by atoms with Gasteiger partial charge < -0.3 is 0 Å². The molecule has 0 aliphatic carbocycles. The molecule has 2 aromatic rings. The van der Waals surface area contributed by atoms with E-state index in [1.165, 1.54) is 0 Å². The van der Waals surface area contributed by atoms with Crippen LogP contribution in [-0.2, 0) is 0 Å². The first-order valence-electron chi connectivity index (χ1n) is 6.29. The summed E-state index contributed by atoms with van der Waals surface area (Å²) in [6.07, 6.45) is 0. The van der Waals surface area contributed by atoms with Crippen LogP contribution in [0, 0.1) is 0 Å². The maximum Gasteiger partial charge on any atom is 0.181 e. The minimum Gasteiger partial charge on any atom is -0.292 e. The van der Waals surface area contributed by atoms with Crippen molar-refractivity contribution in [3.05, 3.63) is 71.8 Å². The second-order valence-electron chi connectivity index (χ2n) is 4.66. The molecule has 0 radical (unpaired) electrons. The molecule has 96 valence electrons. The molecule has 3 atom stereocenters. The summed E-state index contributed by atoms with van der Waals surface area (Å²) in [5.74, 6) is 0.148. The first kappa shape index (κ1) is 12.4. The molecule has 3 unspecified atom stereocenters. The zero-order chi connectivity index (χ0) is 13.2. The van der Waals surface area contributed by atoms with Crippen molar-refractivity contribution < 1.29 is 4.79 Å². The second kappa shape index (κ2) is 5.16. The van der Waals surface area contributed by atoms with Crippen LogP contribution in [0.2, 0.25) is 0 Å². The minimum atomic E-state index is -0.123. The molecule has 0 bridgehead atoms. The van der Waals surface area contributed by atoms with Crippen molar-refractivity contribution in [1.82, 2.24) is 4.90 Å². The number of halogens is 1. The molecule has 0 spiro atoms. The summed E-state index contributed by atoms with van der Waals surface area (Å²) in [7, 11) is 0. The Kier molecular flexibility index (Phi) is 3.36. The standard InChI is InChI=1S/C16H14ClNO/c17-11-18-14(12-7-3-1-4-8-12)15(18)16(19)13-9-5-2-6-10-13/h1-10,14-15H,11H2. The van der Waals surface area contributed by atoms with Crippen LogP contribution in [0.5, 0.6) is 0 Å². The Balaban J connectivity index is 1.84. The van der Waals surface area contributed by atoms with Gasteiger partial charge in [-0.2, -0.15) is 0 Å². The van der Waals surface area contributed by atoms with Gasteiger partial charge in [0.05, 0.1) is 18.1 Å². The molecule has 19 heavy (non-hydrogen) atoms. The van der Waals surface area contributed by atoms with Crippen LogP contribution in [0.1, 0.15) is 22.0 Å². The molecule has 1 fully saturated rings. The molecule has 0 saturated carbocycles. The van der Waals surface area contributed by atoms with E-state index in [-0.39, 0.29) is 17.9 Å². The molecular formula is C16H14ClNO. The number of hydrogen-bond acceptors (Lipinski definition) is 2. The average Bonchev–Trinajstić information content (AvgIpc) is 3.22. The lowest BCUT2D eigenvalue weighted by Gasteiger charge is -1.98. The van der Waals surface area contributed by atoms with Gasteiger partial charge in [-0.25, -0.2) is 0 Å². The number of hydrogen-bond donors (Lipinski definition) is 0. The highest BCUT2D eigenvalue weighted by Gasteiger charge is 2.52. The number of nitrogens with zero attached hydrogens (tertiary/aromatic N) is 1. The normalized spacial score (nSPS) is 25.0. The lowest BCUT2D eigenvalue weighted by molar-refractivity contribution is 0.0976. The third-order valence-electron chi connectivity index (χ3n) is 3.53. The zero-order valence-corrected chi connectivity index (χ0v) is 11.1. The molecule has 0 N–H and O–H groups in total. The summed E-state index contributed by atoms with van der Waals surface area (Å²) in [4.78, 5) is 14.5. The first-order chi connectivity index (χ1) is 9.33. The predicted octanol–water partition coefficient (Wildman–Crippen LogP) is 3.49. The third kappa shape index (κ3) is 2.29. The van der Waals surface area contributed by atoms with E-state index >= 15 is 0 Å². The molecular weight excluding hydrogens is 258 g/mol. The number of rotatable bonds is 4. The fraction of sp³-hybridized carbons (Fsp3) is 0.188. The van der Waals surface area contributed by atoms with Gasteiger partial charge >= 0.3 is 0 Å². The van der Waals surface area contributed by atoms with Gasteiger partial charge in [-0.1, -0.05) is 60.7 Å². The van der Waals surface area contributed by atoms with Crippen molar-refractivity contribution in [1.29, 1.82) is 0 Å². The van der Waals surface area contributed by atoms with Crippen LogP contribution in [0.15, 0.2) is 60.7 Å². The van der Waals surface area contributed by atoms with Crippen molar-refractivity contribution in [3.8, 4) is 0 Å². The maximum atomic E-state index is 12.5.